The minimum atomic E-state index is -4.78. The molecule has 0 spiro atoms. The minimum absolute atomic E-state index is 0.260. The number of aryl methyl sites for hydroxylation is 2. The van der Waals surface area contributed by atoms with Gasteiger partial charge >= 0.3 is 12.3 Å². The molecule has 1 aromatic heterocycles. The van der Waals surface area contributed by atoms with E-state index >= 15 is 0 Å². The lowest BCUT2D eigenvalue weighted by molar-refractivity contribution is -0.274. The normalized spacial score (nSPS) is 13.2. The summed E-state index contributed by atoms with van der Waals surface area (Å²) in [5.41, 5.74) is 1.42. The van der Waals surface area contributed by atoms with Gasteiger partial charge in [0.2, 0.25) is 0 Å². The Hall–Kier alpha value is -2.55. The SMILES string of the molecule is O=C(COC(=O)c1cc2c(s1)CCC2)Nc1ccc(OC(F)(F)F)cc1. The molecule has 1 heterocycles. The van der Waals surface area contributed by atoms with Gasteiger partial charge in [-0.3, -0.25) is 4.79 Å². The Morgan fingerprint density at radius 1 is 1.15 bits per heavy atom. The standard InChI is InChI=1S/C17H14F3NO4S/c18-17(19,20)25-12-6-4-11(5-7-12)21-15(22)9-24-16(23)14-8-10-2-1-3-13(10)26-14/h4-8H,1-3,9H2,(H,21,22). The van der Waals surface area contributed by atoms with Crippen molar-refractivity contribution in [3.8, 4) is 5.75 Å². The van der Waals surface area contributed by atoms with Crippen molar-refractivity contribution in [2.24, 2.45) is 0 Å². The average molecular weight is 385 g/mol. The number of hydrogen-bond acceptors (Lipinski definition) is 5. The zero-order chi connectivity index (χ0) is 18.7. The van der Waals surface area contributed by atoms with E-state index in [4.69, 9.17) is 4.74 Å². The highest BCUT2D eigenvalue weighted by atomic mass is 32.1. The van der Waals surface area contributed by atoms with Crippen LogP contribution in [0.3, 0.4) is 0 Å². The zero-order valence-electron chi connectivity index (χ0n) is 13.4. The second kappa shape index (κ2) is 7.36. The maximum absolute atomic E-state index is 12.1. The molecule has 1 amide bonds. The molecule has 0 atom stereocenters. The molecule has 0 saturated heterocycles. The van der Waals surface area contributed by atoms with Crippen LogP contribution >= 0.6 is 11.3 Å². The summed E-state index contributed by atoms with van der Waals surface area (Å²) in [6.45, 7) is -0.484. The lowest BCUT2D eigenvalue weighted by atomic mass is 10.2. The number of rotatable bonds is 5. The van der Waals surface area contributed by atoms with Gasteiger partial charge in [0.05, 0.1) is 0 Å². The van der Waals surface area contributed by atoms with Gasteiger partial charge in [-0.2, -0.15) is 0 Å². The Labute approximate surface area is 150 Å². The van der Waals surface area contributed by atoms with Gasteiger partial charge in [0.15, 0.2) is 6.61 Å². The number of amides is 1. The van der Waals surface area contributed by atoms with E-state index in [1.54, 1.807) is 6.07 Å². The maximum Gasteiger partial charge on any atom is 0.573 e. The van der Waals surface area contributed by atoms with Gasteiger partial charge in [-0.15, -0.1) is 24.5 Å². The third kappa shape index (κ3) is 4.75. The highest BCUT2D eigenvalue weighted by molar-refractivity contribution is 7.14. The summed E-state index contributed by atoms with van der Waals surface area (Å²) in [7, 11) is 0. The Kier molecular flexibility index (Phi) is 5.17. The fourth-order valence-corrected chi connectivity index (χ4v) is 3.72. The van der Waals surface area contributed by atoms with Crippen LogP contribution in [0.2, 0.25) is 0 Å². The van der Waals surface area contributed by atoms with E-state index in [1.165, 1.54) is 28.3 Å². The number of nitrogens with one attached hydrogen (secondary N) is 1. The number of carbonyl (C=O) groups excluding carboxylic acids is 2. The number of ether oxygens (including phenoxy) is 2. The Morgan fingerprint density at radius 2 is 1.88 bits per heavy atom. The number of alkyl halides is 3. The molecule has 1 aliphatic carbocycles. The fraction of sp³-hybridized carbons (Fsp3) is 0.294. The van der Waals surface area contributed by atoms with Crippen LogP contribution < -0.4 is 10.1 Å². The summed E-state index contributed by atoms with van der Waals surface area (Å²) in [5.74, 6) is -1.55. The predicted molar refractivity (Wildman–Crippen MR) is 88.4 cm³/mol. The average Bonchev–Trinajstić information content (AvgIpc) is 3.15. The molecule has 0 aliphatic heterocycles. The predicted octanol–water partition coefficient (Wildman–Crippen LogP) is 3.93. The first-order valence-corrected chi connectivity index (χ1v) is 8.56. The molecule has 0 bridgehead atoms. The highest BCUT2D eigenvalue weighted by Gasteiger charge is 2.31. The number of hydrogen-bond donors (Lipinski definition) is 1. The number of anilines is 1. The molecule has 0 radical (unpaired) electrons. The van der Waals surface area contributed by atoms with Crippen LogP contribution in [0.15, 0.2) is 30.3 Å². The van der Waals surface area contributed by atoms with Crippen molar-refractivity contribution in [1.82, 2.24) is 0 Å². The molecule has 5 nitrogen and oxygen atoms in total. The van der Waals surface area contributed by atoms with Crippen molar-refractivity contribution in [1.29, 1.82) is 0 Å². The molecular weight excluding hydrogens is 371 g/mol. The van der Waals surface area contributed by atoms with Crippen molar-refractivity contribution in [3.05, 3.63) is 45.6 Å². The first-order valence-electron chi connectivity index (χ1n) is 7.74. The van der Waals surface area contributed by atoms with Gasteiger partial charge in [0.25, 0.3) is 5.91 Å². The van der Waals surface area contributed by atoms with Gasteiger partial charge < -0.3 is 14.8 Å². The first kappa shape index (κ1) is 18.2. The summed E-state index contributed by atoms with van der Waals surface area (Å²) >= 11 is 1.38. The molecular formula is C17H14F3NO4S. The van der Waals surface area contributed by atoms with E-state index in [2.05, 4.69) is 10.1 Å². The third-order valence-corrected chi connectivity index (χ3v) is 4.87. The number of thiophene rings is 1. The molecule has 138 valence electrons. The van der Waals surface area contributed by atoms with Gasteiger partial charge in [-0.05, 0) is 55.2 Å². The fourth-order valence-electron chi connectivity index (χ4n) is 2.57. The Morgan fingerprint density at radius 3 is 2.54 bits per heavy atom. The largest absolute Gasteiger partial charge is 0.573 e. The van der Waals surface area contributed by atoms with Gasteiger partial charge in [-0.25, -0.2) is 4.79 Å². The van der Waals surface area contributed by atoms with E-state index in [9.17, 15) is 22.8 Å². The van der Waals surface area contributed by atoms with Crippen molar-refractivity contribution in [2.75, 3.05) is 11.9 Å². The molecule has 1 N–H and O–H groups in total. The minimum Gasteiger partial charge on any atom is -0.451 e. The summed E-state index contributed by atoms with van der Waals surface area (Å²) in [6.07, 6.45) is -1.78. The summed E-state index contributed by atoms with van der Waals surface area (Å²) < 4.78 is 45.0. The van der Waals surface area contributed by atoms with Crippen LogP contribution in [0.25, 0.3) is 0 Å². The molecule has 3 rings (SSSR count). The first-order chi connectivity index (χ1) is 12.3. The molecule has 0 fully saturated rings. The number of carbonyl (C=O) groups is 2. The van der Waals surface area contributed by atoms with E-state index in [0.29, 0.717) is 4.88 Å². The van der Waals surface area contributed by atoms with Gasteiger partial charge in [0, 0.05) is 10.6 Å². The molecule has 2 aromatic rings. The number of benzene rings is 1. The number of fused-ring (bicyclic) bond motifs is 1. The second-order valence-electron chi connectivity index (χ2n) is 5.61. The topological polar surface area (TPSA) is 64.6 Å². The van der Waals surface area contributed by atoms with Crippen LogP contribution in [0, 0.1) is 0 Å². The molecule has 1 aliphatic rings. The summed E-state index contributed by atoms with van der Waals surface area (Å²) in [5, 5.41) is 2.43. The molecule has 1 aromatic carbocycles. The Bertz CT molecular complexity index is 793. The summed E-state index contributed by atoms with van der Waals surface area (Å²) in [4.78, 5) is 25.4. The molecule has 0 saturated carbocycles. The van der Waals surface area contributed by atoms with Crippen LogP contribution in [0.4, 0.5) is 18.9 Å². The van der Waals surface area contributed by atoms with E-state index in [-0.39, 0.29) is 5.69 Å². The monoisotopic (exact) mass is 385 g/mol. The maximum atomic E-state index is 12.1. The lowest BCUT2D eigenvalue weighted by Crippen LogP contribution is -2.20. The summed E-state index contributed by atoms with van der Waals surface area (Å²) in [6, 6.07) is 6.45. The second-order valence-corrected chi connectivity index (χ2v) is 6.75. The number of halogens is 3. The molecule has 26 heavy (non-hydrogen) atoms. The van der Waals surface area contributed by atoms with Crippen molar-refractivity contribution in [3.63, 3.8) is 0 Å². The zero-order valence-corrected chi connectivity index (χ0v) is 14.2. The van der Waals surface area contributed by atoms with E-state index in [1.807, 2.05) is 0 Å². The Balaban J connectivity index is 1.48. The van der Waals surface area contributed by atoms with Gasteiger partial charge in [0.1, 0.15) is 10.6 Å². The molecule has 9 heteroatoms. The van der Waals surface area contributed by atoms with Crippen molar-refractivity contribution < 1.29 is 32.2 Å². The van der Waals surface area contributed by atoms with Crippen molar-refractivity contribution in [2.45, 2.75) is 25.6 Å². The van der Waals surface area contributed by atoms with E-state index in [0.717, 1.165) is 37.0 Å². The van der Waals surface area contributed by atoms with Crippen LogP contribution in [0.5, 0.6) is 5.75 Å². The highest BCUT2D eigenvalue weighted by Crippen LogP contribution is 2.31. The van der Waals surface area contributed by atoms with E-state index < -0.39 is 30.6 Å². The van der Waals surface area contributed by atoms with Crippen LogP contribution in [-0.2, 0) is 22.4 Å². The lowest BCUT2D eigenvalue weighted by Gasteiger charge is -2.10. The third-order valence-electron chi connectivity index (χ3n) is 3.65. The quantitative estimate of drug-likeness (QED) is 0.792. The van der Waals surface area contributed by atoms with Crippen LogP contribution in [0.1, 0.15) is 26.5 Å². The van der Waals surface area contributed by atoms with Crippen molar-refractivity contribution >= 4 is 28.9 Å². The van der Waals surface area contributed by atoms with Gasteiger partial charge in [-0.1, -0.05) is 0 Å². The van der Waals surface area contributed by atoms with Crippen LogP contribution in [-0.4, -0.2) is 24.8 Å². The number of esters is 1. The smallest absolute Gasteiger partial charge is 0.451 e. The molecule has 0 unspecified atom stereocenters.